The first kappa shape index (κ1) is 19.3. The highest BCUT2D eigenvalue weighted by Crippen LogP contribution is 2.31. The van der Waals surface area contributed by atoms with E-state index in [4.69, 9.17) is 0 Å². The Hall–Kier alpha value is -3.03. The summed E-state index contributed by atoms with van der Waals surface area (Å²) in [6.45, 7) is 0. The summed E-state index contributed by atoms with van der Waals surface area (Å²) in [5.41, 5.74) is 2.02. The van der Waals surface area contributed by atoms with Gasteiger partial charge in [-0.25, -0.2) is 9.37 Å². The van der Waals surface area contributed by atoms with Crippen LogP contribution >= 0.6 is 23.1 Å². The lowest BCUT2D eigenvalue weighted by atomic mass is 10.2. The Kier molecular flexibility index (Phi) is 5.69. The average molecular weight is 423 g/mol. The van der Waals surface area contributed by atoms with Crippen LogP contribution in [0.4, 0.5) is 10.1 Å². The zero-order valence-electron chi connectivity index (χ0n) is 15.1. The van der Waals surface area contributed by atoms with E-state index in [9.17, 15) is 14.0 Å². The molecule has 0 fully saturated rings. The molecule has 0 saturated heterocycles. The first-order valence-corrected chi connectivity index (χ1v) is 10.6. The van der Waals surface area contributed by atoms with Crippen LogP contribution in [0.1, 0.15) is 20.7 Å². The van der Waals surface area contributed by atoms with Gasteiger partial charge in [-0.05, 0) is 30.3 Å². The molecule has 29 heavy (non-hydrogen) atoms. The van der Waals surface area contributed by atoms with Crippen LogP contribution in [0.15, 0.2) is 77.1 Å². The molecular formula is C22H15FN2O2S2. The van der Waals surface area contributed by atoms with Crippen LogP contribution in [0.25, 0.3) is 10.2 Å². The Balaban J connectivity index is 1.46. The minimum atomic E-state index is -0.564. The summed E-state index contributed by atoms with van der Waals surface area (Å²) in [5, 5.41) is 2.71. The van der Waals surface area contributed by atoms with Crippen molar-refractivity contribution in [3.63, 3.8) is 0 Å². The topological polar surface area (TPSA) is 59.1 Å². The number of Topliss-reactive ketones (excluding diaryl/α,β-unsaturated/α-hetero) is 1. The number of hydrogen-bond acceptors (Lipinski definition) is 5. The van der Waals surface area contributed by atoms with Gasteiger partial charge in [-0.3, -0.25) is 9.59 Å². The zero-order chi connectivity index (χ0) is 20.2. The summed E-state index contributed by atoms with van der Waals surface area (Å²) in [5.74, 6) is -0.714. The van der Waals surface area contributed by atoms with Crippen LogP contribution in [0, 0.1) is 5.82 Å². The number of carbonyl (C=O) groups excluding carboxylic acids is 2. The first-order chi connectivity index (χ1) is 14.1. The predicted molar refractivity (Wildman–Crippen MR) is 115 cm³/mol. The lowest BCUT2D eigenvalue weighted by Crippen LogP contribution is -2.13. The number of halogens is 1. The maximum absolute atomic E-state index is 13.8. The number of thioether (sulfide) groups is 1. The lowest BCUT2D eigenvalue weighted by molar-refractivity contribution is 0.101. The number of thiazole rings is 1. The second-order valence-electron chi connectivity index (χ2n) is 6.17. The normalized spacial score (nSPS) is 10.8. The molecule has 1 heterocycles. The van der Waals surface area contributed by atoms with E-state index in [2.05, 4.69) is 10.3 Å². The van der Waals surface area contributed by atoms with E-state index in [1.54, 1.807) is 36.4 Å². The van der Waals surface area contributed by atoms with E-state index < -0.39 is 11.7 Å². The van der Waals surface area contributed by atoms with Gasteiger partial charge in [-0.15, -0.1) is 11.3 Å². The van der Waals surface area contributed by atoms with Crippen molar-refractivity contribution in [2.24, 2.45) is 0 Å². The number of anilines is 1. The highest BCUT2D eigenvalue weighted by molar-refractivity contribution is 8.01. The van der Waals surface area contributed by atoms with Crippen molar-refractivity contribution in [2.45, 2.75) is 4.34 Å². The smallest absolute Gasteiger partial charge is 0.258 e. The number of carbonyl (C=O) groups is 2. The molecule has 0 atom stereocenters. The summed E-state index contributed by atoms with van der Waals surface area (Å²) in [6, 6.07) is 20.3. The molecule has 1 N–H and O–H groups in total. The van der Waals surface area contributed by atoms with E-state index in [-0.39, 0.29) is 11.3 Å². The van der Waals surface area contributed by atoms with Gasteiger partial charge in [0.15, 0.2) is 10.1 Å². The number of amides is 1. The van der Waals surface area contributed by atoms with E-state index in [0.29, 0.717) is 17.0 Å². The number of fused-ring (bicyclic) bond motifs is 1. The molecule has 0 spiro atoms. The van der Waals surface area contributed by atoms with Crippen molar-refractivity contribution in [3.05, 3.63) is 89.7 Å². The molecule has 0 radical (unpaired) electrons. The molecule has 0 aliphatic carbocycles. The molecule has 0 unspecified atom stereocenters. The SMILES string of the molecule is O=C(CSc1nc2ccc(NC(=O)c3ccccc3F)cc2s1)c1ccccc1. The van der Waals surface area contributed by atoms with Crippen molar-refractivity contribution in [1.29, 1.82) is 0 Å². The van der Waals surface area contributed by atoms with Gasteiger partial charge in [0.1, 0.15) is 5.82 Å². The Morgan fingerprint density at radius 3 is 2.55 bits per heavy atom. The number of aromatic nitrogens is 1. The van der Waals surface area contributed by atoms with Crippen molar-refractivity contribution in [2.75, 3.05) is 11.1 Å². The molecule has 3 aromatic carbocycles. The van der Waals surface area contributed by atoms with Crippen molar-refractivity contribution >= 4 is 50.7 Å². The van der Waals surface area contributed by atoms with Crippen molar-refractivity contribution < 1.29 is 14.0 Å². The van der Waals surface area contributed by atoms with Crippen LogP contribution < -0.4 is 5.32 Å². The lowest BCUT2D eigenvalue weighted by Gasteiger charge is -2.05. The summed E-state index contributed by atoms with van der Waals surface area (Å²) in [6.07, 6.45) is 0. The molecule has 4 rings (SSSR count). The van der Waals surface area contributed by atoms with Gasteiger partial charge in [-0.1, -0.05) is 54.2 Å². The first-order valence-electron chi connectivity index (χ1n) is 8.78. The van der Waals surface area contributed by atoms with Gasteiger partial charge >= 0.3 is 0 Å². The molecule has 0 saturated carbocycles. The van der Waals surface area contributed by atoms with Crippen LogP contribution in [0.2, 0.25) is 0 Å². The molecule has 4 aromatic rings. The standard InChI is InChI=1S/C22H15FN2O2S2/c23-17-9-5-4-8-16(17)21(27)24-15-10-11-18-20(12-15)29-22(25-18)28-13-19(26)14-6-2-1-3-7-14/h1-12H,13H2,(H,24,27). The fraction of sp³-hybridized carbons (Fsp3) is 0.0455. The molecule has 0 aliphatic rings. The van der Waals surface area contributed by atoms with Gasteiger partial charge in [0.2, 0.25) is 0 Å². The second-order valence-corrected chi connectivity index (χ2v) is 8.43. The van der Waals surface area contributed by atoms with Gasteiger partial charge in [0, 0.05) is 11.3 Å². The zero-order valence-corrected chi connectivity index (χ0v) is 16.7. The fourth-order valence-corrected chi connectivity index (χ4v) is 4.72. The van der Waals surface area contributed by atoms with E-state index in [0.717, 1.165) is 14.6 Å². The number of rotatable bonds is 6. The molecular weight excluding hydrogens is 407 g/mol. The Labute approximate surface area is 174 Å². The van der Waals surface area contributed by atoms with Crippen molar-refractivity contribution in [3.8, 4) is 0 Å². The monoisotopic (exact) mass is 422 g/mol. The van der Waals surface area contributed by atoms with Gasteiger partial charge in [0.05, 0.1) is 21.5 Å². The highest BCUT2D eigenvalue weighted by atomic mass is 32.2. The summed E-state index contributed by atoms with van der Waals surface area (Å²) >= 11 is 2.84. The van der Waals surface area contributed by atoms with Gasteiger partial charge in [0.25, 0.3) is 5.91 Å². The Morgan fingerprint density at radius 1 is 1.00 bits per heavy atom. The molecule has 1 aromatic heterocycles. The van der Waals surface area contributed by atoms with Crippen LogP contribution in [0.5, 0.6) is 0 Å². The molecule has 7 heteroatoms. The Morgan fingerprint density at radius 2 is 1.76 bits per heavy atom. The maximum atomic E-state index is 13.8. The van der Waals surface area contributed by atoms with Crippen LogP contribution in [-0.2, 0) is 0 Å². The minimum Gasteiger partial charge on any atom is -0.322 e. The number of benzene rings is 3. The van der Waals surface area contributed by atoms with E-state index >= 15 is 0 Å². The molecule has 0 bridgehead atoms. The second kappa shape index (κ2) is 8.55. The van der Waals surface area contributed by atoms with Crippen LogP contribution in [0.3, 0.4) is 0 Å². The quantitative estimate of drug-likeness (QED) is 0.322. The molecule has 0 aliphatic heterocycles. The molecule has 1 amide bonds. The number of ketones is 1. The third kappa shape index (κ3) is 4.52. The van der Waals surface area contributed by atoms with E-state index in [1.165, 1.54) is 41.3 Å². The average Bonchev–Trinajstić information content (AvgIpc) is 3.15. The van der Waals surface area contributed by atoms with E-state index in [1.807, 2.05) is 18.2 Å². The summed E-state index contributed by atoms with van der Waals surface area (Å²) in [4.78, 5) is 29.1. The predicted octanol–water partition coefficient (Wildman–Crippen LogP) is 5.66. The largest absolute Gasteiger partial charge is 0.322 e. The number of nitrogens with one attached hydrogen (secondary N) is 1. The Bertz CT molecular complexity index is 1190. The minimum absolute atomic E-state index is 0.00688. The molecule has 144 valence electrons. The third-order valence-corrected chi connectivity index (χ3v) is 6.33. The molecule has 4 nitrogen and oxygen atoms in total. The third-order valence-electron chi connectivity index (χ3n) is 4.17. The highest BCUT2D eigenvalue weighted by Gasteiger charge is 2.13. The fourth-order valence-electron chi connectivity index (χ4n) is 2.72. The summed E-state index contributed by atoms with van der Waals surface area (Å²) < 4.78 is 15.4. The van der Waals surface area contributed by atoms with Gasteiger partial charge < -0.3 is 5.32 Å². The maximum Gasteiger partial charge on any atom is 0.258 e. The van der Waals surface area contributed by atoms with Crippen LogP contribution in [-0.4, -0.2) is 22.4 Å². The number of nitrogens with zero attached hydrogens (tertiary/aromatic N) is 1. The van der Waals surface area contributed by atoms with Gasteiger partial charge in [-0.2, -0.15) is 0 Å². The summed E-state index contributed by atoms with van der Waals surface area (Å²) in [7, 11) is 0. The van der Waals surface area contributed by atoms with Crippen molar-refractivity contribution in [1.82, 2.24) is 4.98 Å². The number of hydrogen-bond donors (Lipinski definition) is 1.